The van der Waals surface area contributed by atoms with Gasteiger partial charge < -0.3 is 14.5 Å². The van der Waals surface area contributed by atoms with Crippen LogP contribution >= 0.6 is 0 Å². The van der Waals surface area contributed by atoms with E-state index in [2.05, 4.69) is 0 Å². The van der Waals surface area contributed by atoms with Gasteiger partial charge in [-0.25, -0.2) is 13.2 Å². The molecule has 0 spiro atoms. The zero-order valence-corrected chi connectivity index (χ0v) is 17.8. The number of sulfone groups is 1. The summed E-state index contributed by atoms with van der Waals surface area (Å²) < 4.78 is 53.0. The number of alkyl halides is 2. The van der Waals surface area contributed by atoms with E-state index in [0.29, 0.717) is 5.82 Å². The number of hydrogen-bond acceptors (Lipinski definition) is 8. The lowest BCUT2D eigenvalue weighted by Gasteiger charge is -2.19. The molecule has 0 unspecified atom stereocenters. The summed E-state index contributed by atoms with van der Waals surface area (Å²) in [7, 11) is -1.40. The Morgan fingerprint density at radius 3 is 2.03 bits per heavy atom. The zero-order valence-electron chi connectivity index (χ0n) is 17.0. The highest BCUT2D eigenvalue weighted by atomic mass is 32.2. The van der Waals surface area contributed by atoms with Crippen LogP contribution in [-0.2, 0) is 19.4 Å². The second kappa shape index (κ2) is 8.76. The predicted molar refractivity (Wildman–Crippen MR) is 111 cm³/mol. The highest BCUT2D eigenvalue weighted by molar-refractivity contribution is 7.91. The van der Waals surface area contributed by atoms with E-state index in [9.17, 15) is 32.0 Å². The monoisotopic (exact) mass is 461 g/mol. The number of anilines is 2. The Morgan fingerprint density at radius 2 is 1.56 bits per heavy atom. The Balaban J connectivity index is 1.75. The third kappa shape index (κ3) is 4.04. The van der Waals surface area contributed by atoms with Gasteiger partial charge in [0, 0.05) is 14.1 Å². The van der Waals surface area contributed by atoms with Crippen molar-refractivity contribution in [2.45, 2.75) is 10.7 Å². The molecular formula is C21H17F2N3O5S. The Hall–Kier alpha value is -3.78. The van der Waals surface area contributed by atoms with Crippen molar-refractivity contribution in [3.8, 4) is 6.07 Å². The molecule has 8 nitrogen and oxygen atoms in total. The summed E-state index contributed by atoms with van der Waals surface area (Å²) in [4.78, 5) is 27.5. The van der Waals surface area contributed by atoms with Crippen molar-refractivity contribution in [3.05, 3.63) is 65.5 Å². The second-order valence-electron chi connectivity index (χ2n) is 6.75. The number of fused-ring (bicyclic) bond motifs is 1. The molecule has 0 fully saturated rings. The summed E-state index contributed by atoms with van der Waals surface area (Å²) >= 11 is 0. The standard InChI is InChI=1S/C21H17F2N3O5S/c1-25-16-5-3-4-6-17(16)26(2)19(25)15(11-24)18(27)12-31-20(28)13-7-9-14(10-8-13)32(29,30)21(22)23/h3-10,21H,12H2,1-2H3. The van der Waals surface area contributed by atoms with Crippen molar-refractivity contribution in [1.82, 2.24) is 0 Å². The van der Waals surface area contributed by atoms with E-state index in [-0.39, 0.29) is 11.1 Å². The molecule has 1 heterocycles. The predicted octanol–water partition coefficient (Wildman–Crippen LogP) is 2.73. The average molecular weight is 461 g/mol. The van der Waals surface area contributed by atoms with Crippen LogP contribution in [-0.4, -0.2) is 46.6 Å². The van der Waals surface area contributed by atoms with Crippen LogP contribution in [0, 0.1) is 11.3 Å². The van der Waals surface area contributed by atoms with E-state index in [0.717, 1.165) is 35.6 Å². The van der Waals surface area contributed by atoms with Crippen LogP contribution in [0.3, 0.4) is 0 Å². The fourth-order valence-electron chi connectivity index (χ4n) is 3.23. The van der Waals surface area contributed by atoms with Crippen LogP contribution in [0.1, 0.15) is 10.4 Å². The lowest BCUT2D eigenvalue weighted by molar-refractivity contribution is -0.118. The number of para-hydroxylation sites is 2. The molecule has 0 amide bonds. The third-order valence-corrected chi connectivity index (χ3v) is 6.24. The number of esters is 1. The summed E-state index contributed by atoms with van der Waals surface area (Å²) in [5.74, 6) is -4.97. The summed E-state index contributed by atoms with van der Waals surface area (Å²) in [6.45, 7) is -0.736. The van der Waals surface area contributed by atoms with Gasteiger partial charge in [-0.2, -0.15) is 14.0 Å². The van der Waals surface area contributed by atoms with Crippen LogP contribution in [0.5, 0.6) is 0 Å². The molecule has 0 bridgehead atoms. The van der Waals surface area contributed by atoms with Crippen LogP contribution in [0.4, 0.5) is 20.2 Å². The number of halogens is 2. The first-order chi connectivity index (χ1) is 15.1. The molecule has 0 radical (unpaired) electrons. The van der Waals surface area contributed by atoms with Crippen molar-refractivity contribution >= 4 is 33.0 Å². The minimum Gasteiger partial charge on any atom is -0.454 e. The normalized spacial score (nSPS) is 13.1. The molecule has 0 atom stereocenters. The highest BCUT2D eigenvalue weighted by Gasteiger charge is 2.31. The van der Waals surface area contributed by atoms with E-state index >= 15 is 0 Å². The van der Waals surface area contributed by atoms with E-state index in [4.69, 9.17) is 4.74 Å². The van der Waals surface area contributed by atoms with Gasteiger partial charge in [-0.3, -0.25) is 4.79 Å². The Morgan fingerprint density at radius 1 is 1.03 bits per heavy atom. The Labute approximate surface area is 182 Å². The van der Waals surface area contributed by atoms with Crippen LogP contribution < -0.4 is 9.80 Å². The molecule has 2 aromatic carbocycles. The molecule has 0 aliphatic carbocycles. The maximum atomic E-state index is 12.6. The number of carbonyl (C=O) groups is 2. The number of carbonyl (C=O) groups excluding carboxylic acids is 2. The second-order valence-corrected chi connectivity index (χ2v) is 8.66. The summed E-state index contributed by atoms with van der Waals surface area (Å²) in [6, 6.07) is 12.9. The van der Waals surface area contributed by atoms with Gasteiger partial charge in [0.15, 0.2) is 6.61 Å². The maximum Gasteiger partial charge on any atom is 0.341 e. The number of hydrogen-bond donors (Lipinski definition) is 0. The van der Waals surface area contributed by atoms with Gasteiger partial charge in [0.1, 0.15) is 17.5 Å². The topological polar surface area (TPSA) is 108 Å². The molecule has 1 aliphatic heterocycles. The van der Waals surface area contributed by atoms with Gasteiger partial charge >= 0.3 is 11.7 Å². The smallest absolute Gasteiger partial charge is 0.341 e. The van der Waals surface area contributed by atoms with Gasteiger partial charge in [-0.05, 0) is 36.4 Å². The Kier molecular flexibility index (Phi) is 6.27. The average Bonchev–Trinajstić information content (AvgIpc) is 3.03. The Bertz CT molecular complexity index is 1220. The van der Waals surface area contributed by atoms with Crippen LogP contribution in [0.25, 0.3) is 0 Å². The summed E-state index contributed by atoms with van der Waals surface area (Å²) in [6.07, 6.45) is 0. The quantitative estimate of drug-likeness (QED) is 0.367. The molecule has 0 aromatic heterocycles. The van der Waals surface area contributed by atoms with Gasteiger partial charge in [0.05, 0.1) is 21.8 Å². The SMILES string of the molecule is CN1C(=C(C#N)C(=O)COC(=O)c2ccc(S(=O)(=O)C(F)F)cc2)N(C)c2ccccc21. The number of benzene rings is 2. The van der Waals surface area contributed by atoms with Crippen LogP contribution in [0.15, 0.2) is 64.8 Å². The minimum absolute atomic E-state index is 0.139. The number of nitrogens with zero attached hydrogens (tertiary/aromatic N) is 3. The fourth-order valence-corrected chi connectivity index (χ4v) is 3.95. The molecule has 11 heteroatoms. The van der Waals surface area contributed by atoms with Gasteiger partial charge in [-0.15, -0.1) is 0 Å². The molecule has 0 saturated heterocycles. The number of ketones is 1. The molecule has 0 N–H and O–H groups in total. The molecule has 166 valence electrons. The van der Waals surface area contributed by atoms with E-state index < -0.39 is 38.8 Å². The van der Waals surface area contributed by atoms with Gasteiger partial charge in [0.25, 0.3) is 0 Å². The molecule has 3 rings (SSSR count). The summed E-state index contributed by atoms with van der Waals surface area (Å²) in [5.41, 5.74) is 1.24. The van der Waals surface area contributed by atoms with Crippen molar-refractivity contribution in [3.63, 3.8) is 0 Å². The van der Waals surface area contributed by atoms with Crippen molar-refractivity contribution in [1.29, 1.82) is 5.26 Å². The van der Waals surface area contributed by atoms with E-state index in [1.165, 1.54) is 0 Å². The van der Waals surface area contributed by atoms with Crippen LogP contribution in [0.2, 0.25) is 0 Å². The number of rotatable bonds is 6. The van der Waals surface area contributed by atoms with E-state index in [1.807, 2.05) is 30.3 Å². The molecular weight excluding hydrogens is 444 g/mol. The van der Waals surface area contributed by atoms with E-state index in [1.54, 1.807) is 23.9 Å². The summed E-state index contributed by atoms with van der Waals surface area (Å²) in [5, 5.41) is 9.56. The lowest BCUT2D eigenvalue weighted by atomic mass is 10.2. The third-order valence-electron chi connectivity index (χ3n) is 4.84. The number of Topliss-reactive ketones (excluding diaryl/α,β-unsaturated/α-hetero) is 1. The number of nitriles is 1. The fraction of sp³-hybridized carbons (Fsp3) is 0.190. The first kappa shape index (κ1) is 22.9. The first-order valence-corrected chi connectivity index (χ1v) is 10.7. The molecule has 32 heavy (non-hydrogen) atoms. The molecule has 2 aromatic rings. The molecule has 1 aliphatic rings. The minimum atomic E-state index is -4.79. The van der Waals surface area contributed by atoms with Crippen molar-refractivity contribution in [2.75, 3.05) is 30.5 Å². The van der Waals surface area contributed by atoms with Crippen molar-refractivity contribution < 1.29 is 31.5 Å². The van der Waals surface area contributed by atoms with Gasteiger partial charge in [0.2, 0.25) is 15.6 Å². The van der Waals surface area contributed by atoms with Gasteiger partial charge in [-0.1, -0.05) is 12.1 Å². The number of ether oxygens (including phenoxy) is 1. The largest absolute Gasteiger partial charge is 0.454 e. The zero-order chi connectivity index (χ0) is 23.6. The molecule has 0 saturated carbocycles. The lowest BCUT2D eigenvalue weighted by Crippen LogP contribution is -2.27. The highest BCUT2D eigenvalue weighted by Crippen LogP contribution is 2.40. The van der Waals surface area contributed by atoms with Crippen molar-refractivity contribution in [2.24, 2.45) is 0 Å². The maximum absolute atomic E-state index is 12.6. The first-order valence-electron chi connectivity index (χ1n) is 9.13.